The molecule has 0 bridgehead atoms. The number of nitrogens with one attached hydrogen (secondary N) is 1. The highest BCUT2D eigenvalue weighted by Gasteiger charge is 2.47. The lowest BCUT2D eigenvalue weighted by atomic mass is 9.78. The van der Waals surface area contributed by atoms with Crippen LogP contribution in [-0.4, -0.2) is 41.4 Å². The molecular weight excluding hydrogens is 439 g/mol. The SMILES string of the molecule is O=C1OC2(CCC(CNc3ccn(-c4ccccc4F)n3)CC2)CN1c1ccc2c(c1)OCO2. The Kier molecular flexibility index (Phi) is 5.04. The van der Waals surface area contributed by atoms with E-state index in [9.17, 15) is 9.18 Å². The van der Waals surface area contributed by atoms with Gasteiger partial charge in [-0.05, 0) is 55.9 Å². The lowest BCUT2D eigenvalue weighted by molar-refractivity contribution is 0.0148. The van der Waals surface area contributed by atoms with Gasteiger partial charge in [0, 0.05) is 24.9 Å². The fraction of sp³-hybridized carbons (Fsp3) is 0.360. The number of benzene rings is 2. The van der Waals surface area contributed by atoms with Gasteiger partial charge in [0.1, 0.15) is 22.9 Å². The van der Waals surface area contributed by atoms with Gasteiger partial charge in [0.15, 0.2) is 11.5 Å². The summed E-state index contributed by atoms with van der Waals surface area (Å²) in [5.74, 6) is 2.19. The van der Waals surface area contributed by atoms with Crippen molar-refractivity contribution in [1.82, 2.24) is 9.78 Å². The summed E-state index contributed by atoms with van der Waals surface area (Å²) in [5, 5.41) is 7.82. The molecule has 0 atom stereocenters. The molecule has 1 aromatic heterocycles. The number of halogens is 1. The normalized spacial score (nSPS) is 23.4. The molecule has 8 nitrogen and oxygen atoms in total. The van der Waals surface area contributed by atoms with Gasteiger partial charge in [0.05, 0.1) is 12.2 Å². The first-order valence-electron chi connectivity index (χ1n) is 11.5. The van der Waals surface area contributed by atoms with Gasteiger partial charge in [-0.25, -0.2) is 13.9 Å². The van der Waals surface area contributed by atoms with Crippen LogP contribution in [0.5, 0.6) is 11.5 Å². The Bertz CT molecular complexity index is 1220. The van der Waals surface area contributed by atoms with Crippen LogP contribution in [0, 0.1) is 11.7 Å². The van der Waals surface area contributed by atoms with Gasteiger partial charge >= 0.3 is 6.09 Å². The van der Waals surface area contributed by atoms with Crippen molar-refractivity contribution in [2.24, 2.45) is 5.92 Å². The zero-order chi connectivity index (χ0) is 23.1. The van der Waals surface area contributed by atoms with Crippen LogP contribution in [0.2, 0.25) is 0 Å². The van der Waals surface area contributed by atoms with E-state index in [-0.39, 0.29) is 18.7 Å². The molecule has 1 N–H and O–H groups in total. The second-order valence-electron chi connectivity index (χ2n) is 9.10. The average molecular weight is 464 g/mol. The van der Waals surface area contributed by atoms with E-state index in [2.05, 4.69) is 10.4 Å². The van der Waals surface area contributed by atoms with Crippen molar-refractivity contribution >= 4 is 17.6 Å². The fourth-order valence-electron chi connectivity index (χ4n) is 4.98. The summed E-state index contributed by atoms with van der Waals surface area (Å²) in [6.45, 7) is 1.51. The molecule has 1 spiro atoms. The fourth-order valence-corrected chi connectivity index (χ4v) is 4.98. The van der Waals surface area contributed by atoms with E-state index in [1.165, 1.54) is 10.7 Å². The molecule has 34 heavy (non-hydrogen) atoms. The molecule has 0 radical (unpaired) electrons. The van der Waals surface area contributed by atoms with E-state index in [1.807, 2.05) is 24.3 Å². The molecule has 1 saturated heterocycles. The molecule has 1 saturated carbocycles. The van der Waals surface area contributed by atoms with Gasteiger partial charge in [0.2, 0.25) is 6.79 Å². The summed E-state index contributed by atoms with van der Waals surface area (Å²) in [7, 11) is 0. The van der Waals surface area contributed by atoms with E-state index in [1.54, 1.807) is 29.3 Å². The Hall–Kier alpha value is -3.75. The lowest BCUT2D eigenvalue weighted by Crippen LogP contribution is -2.39. The zero-order valence-corrected chi connectivity index (χ0v) is 18.6. The molecule has 2 aliphatic heterocycles. The van der Waals surface area contributed by atoms with E-state index in [4.69, 9.17) is 14.2 Å². The van der Waals surface area contributed by atoms with Crippen molar-refractivity contribution in [3.05, 3.63) is 60.5 Å². The second-order valence-corrected chi connectivity index (χ2v) is 9.10. The van der Waals surface area contributed by atoms with Crippen LogP contribution in [0.4, 0.5) is 20.7 Å². The van der Waals surface area contributed by atoms with Gasteiger partial charge in [-0.1, -0.05) is 12.1 Å². The van der Waals surface area contributed by atoms with Crippen molar-refractivity contribution in [2.75, 3.05) is 30.1 Å². The Morgan fingerprint density at radius 2 is 1.91 bits per heavy atom. The van der Waals surface area contributed by atoms with Gasteiger partial charge in [-0.2, -0.15) is 5.10 Å². The molecule has 9 heteroatoms. The maximum Gasteiger partial charge on any atom is 0.415 e. The number of carbonyl (C=O) groups is 1. The number of anilines is 2. The molecule has 176 valence electrons. The first-order chi connectivity index (χ1) is 16.6. The number of para-hydroxylation sites is 1. The molecule has 3 aliphatic rings. The summed E-state index contributed by atoms with van der Waals surface area (Å²) < 4.78 is 32.2. The Balaban J connectivity index is 1.04. The number of amides is 1. The van der Waals surface area contributed by atoms with Gasteiger partial charge in [-0.3, -0.25) is 4.90 Å². The number of hydrogen-bond acceptors (Lipinski definition) is 6. The summed E-state index contributed by atoms with van der Waals surface area (Å²) in [6.07, 6.45) is 4.96. The van der Waals surface area contributed by atoms with Gasteiger partial charge < -0.3 is 19.5 Å². The Morgan fingerprint density at radius 1 is 1.09 bits per heavy atom. The van der Waals surface area contributed by atoms with E-state index in [0.717, 1.165) is 37.9 Å². The Labute approximate surface area is 196 Å². The number of carbonyl (C=O) groups excluding carboxylic acids is 1. The number of aromatic nitrogens is 2. The first kappa shape index (κ1) is 20.8. The Morgan fingerprint density at radius 3 is 2.76 bits per heavy atom. The standard InChI is InChI=1S/C25H25FN4O4/c26-19-3-1-2-4-20(19)30-12-9-23(28-30)27-14-17-7-10-25(11-8-17)15-29(24(31)34-25)18-5-6-21-22(13-18)33-16-32-21/h1-6,9,12-13,17H,7-8,10-11,14-16H2,(H,27,28). The van der Waals surface area contributed by atoms with Crippen molar-refractivity contribution in [2.45, 2.75) is 31.3 Å². The van der Waals surface area contributed by atoms with Crippen LogP contribution < -0.4 is 19.7 Å². The monoisotopic (exact) mass is 464 g/mol. The summed E-state index contributed by atoms with van der Waals surface area (Å²) >= 11 is 0. The number of fused-ring (bicyclic) bond motifs is 1. The third-order valence-electron chi connectivity index (χ3n) is 6.91. The quantitative estimate of drug-likeness (QED) is 0.588. The topological polar surface area (TPSA) is 77.9 Å². The van der Waals surface area contributed by atoms with Crippen LogP contribution in [0.25, 0.3) is 5.69 Å². The number of rotatable bonds is 5. The highest BCUT2D eigenvalue weighted by atomic mass is 19.1. The first-order valence-corrected chi connectivity index (χ1v) is 11.5. The maximum absolute atomic E-state index is 14.0. The van der Waals surface area contributed by atoms with Gasteiger partial charge in [-0.15, -0.1) is 0 Å². The smallest absolute Gasteiger partial charge is 0.415 e. The predicted molar refractivity (Wildman–Crippen MR) is 123 cm³/mol. The van der Waals surface area contributed by atoms with Gasteiger partial charge in [0.25, 0.3) is 0 Å². The highest BCUT2D eigenvalue weighted by Crippen LogP contribution is 2.43. The predicted octanol–water partition coefficient (Wildman–Crippen LogP) is 4.74. The molecule has 1 aliphatic carbocycles. The molecular formula is C25H25FN4O4. The number of ether oxygens (including phenoxy) is 3. The third kappa shape index (κ3) is 3.81. The third-order valence-corrected chi connectivity index (χ3v) is 6.91. The molecule has 1 amide bonds. The summed E-state index contributed by atoms with van der Waals surface area (Å²) in [4.78, 5) is 14.4. The molecule has 6 rings (SSSR count). The van der Waals surface area contributed by atoms with Crippen molar-refractivity contribution in [3.63, 3.8) is 0 Å². The van der Waals surface area contributed by atoms with Crippen LogP contribution in [0.3, 0.4) is 0 Å². The summed E-state index contributed by atoms with van der Waals surface area (Å²) in [6, 6.07) is 13.9. The largest absolute Gasteiger partial charge is 0.454 e. The molecule has 0 unspecified atom stereocenters. The average Bonchev–Trinajstić information content (AvgIpc) is 3.58. The van der Waals surface area contributed by atoms with E-state index >= 15 is 0 Å². The van der Waals surface area contributed by atoms with Crippen LogP contribution in [0.1, 0.15) is 25.7 Å². The second kappa shape index (κ2) is 8.23. The molecule has 2 aromatic carbocycles. The minimum Gasteiger partial charge on any atom is -0.454 e. The van der Waals surface area contributed by atoms with E-state index < -0.39 is 5.60 Å². The van der Waals surface area contributed by atoms with Crippen LogP contribution >= 0.6 is 0 Å². The van der Waals surface area contributed by atoms with Crippen molar-refractivity contribution in [1.29, 1.82) is 0 Å². The molecule has 3 aromatic rings. The van der Waals surface area contributed by atoms with Crippen molar-refractivity contribution in [3.8, 4) is 17.2 Å². The molecule has 3 heterocycles. The number of nitrogens with zero attached hydrogens (tertiary/aromatic N) is 3. The highest BCUT2D eigenvalue weighted by molar-refractivity contribution is 5.90. The van der Waals surface area contributed by atoms with Crippen molar-refractivity contribution < 1.29 is 23.4 Å². The summed E-state index contributed by atoms with van der Waals surface area (Å²) in [5.41, 5.74) is 0.738. The number of hydrogen-bond donors (Lipinski definition) is 1. The maximum atomic E-state index is 14.0. The minimum atomic E-state index is -0.448. The van der Waals surface area contributed by atoms with Crippen LogP contribution in [0.15, 0.2) is 54.7 Å². The minimum absolute atomic E-state index is 0.200. The lowest BCUT2D eigenvalue weighted by Gasteiger charge is -2.35. The zero-order valence-electron chi connectivity index (χ0n) is 18.6. The van der Waals surface area contributed by atoms with Crippen LogP contribution in [-0.2, 0) is 4.74 Å². The van der Waals surface area contributed by atoms with E-state index in [0.29, 0.717) is 35.5 Å². The molecule has 2 fully saturated rings.